The Kier molecular flexibility index (Phi) is 7.30. The molecule has 0 saturated carbocycles. The summed E-state index contributed by atoms with van der Waals surface area (Å²) in [4.78, 5) is 13.6. The Hall–Kier alpha value is -1.09. The smallest absolute Gasteiger partial charge is 0.243 e. The monoisotopic (exact) mass is 386 g/mol. The molecule has 1 heterocycles. The highest BCUT2D eigenvalue weighted by Gasteiger charge is 2.32. The lowest BCUT2D eigenvalue weighted by atomic mass is 9.97. The molecule has 2 rings (SSSR count). The van der Waals surface area contributed by atoms with Crippen LogP contribution in [0.5, 0.6) is 0 Å². The lowest BCUT2D eigenvalue weighted by molar-refractivity contribution is -0.127. The van der Waals surface area contributed by atoms with E-state index in [-0.39, 0.29) is 17.9 Å². The van der Waals surface area contributed by atoms with Gasteiger partial charge in [0.25, 0.3) is 0 Å². The lowest BCUT2D eigenvalue weighted by Crippen LogP contribution is -2.45. The normalized spacial score (nSPS) is 18.0. The van der Waals surface area contributed by atoms with E-state index in [2.05, 4.69) is 5.32 Å². The van der Waals surface area contributed by atoms with Gasteiger partial charge in [-0.2, -0.15) is 4.31 Å². The van der Waals surface area contributed by atoms with Crippen LogP contribution in [0.2, 0.25) is 0 Å². The molecule has 1 aromatic carbocycles. The van der Waals surface area contributed by atoms with Gasteiger partial charge in [0.15, 0.2) is 0 Å². The topological polar surface area (TPSA) is 75.7 Å². The maximum Gasteiger partial charge on any atom is 0.243 e. The first-order chi connectivity index (χ1) is 11.9. The molecule has 1 aromatic rings. The summed E-state index contributed by atoms with van der Waals surface area (Å²) in [5.74, 6) is -0.171. The van der Waals surface area contributed by atoms with Gasteiger partial charge in [-0.1, -0.05) is 0 Å². The van der Waals surface area contributed by atoms with Gasteiger partial charge in [0, 0.05) is 37.1 Å². The van der Waals surface area contributed by atoms with Crippen LogP contribution in [0.15, 0.2) is 34.1 Å². The van der Waals surface area contributed by atoms with E-state index in [4.69, 9.17) is 4.74 Å². The third-order valence-corrected chi connectivity index (χ3v) is 6.98. The van der Waals surface area contributed by atoms with Crippen LogP contribution in [0.1, 0.15) is 19.8 Å². The number of amides is 1. The molecule has 25 heavy (non-hydrogen) atoms. The molecule has 140 valence electrons. The van der Waals surface area contributed by atoms with Crippen molar-refractivity contribution in [2.75, 3.05) is 33.1 Å². The zero-order valence-corrected chi connectivity index (χ0v) is 16.5. The summed E-state index contributed by atoms with van der Waals surface area (Å²) in [5.41, 5.74) is 0. The Labute approximate surface area is 154 Å². The van der Waals surface area contributed by atoms with E-state index < -0.39 is 10.0 Å². The average Bonchev–Trinajstić information content (AvgIpc) is 2.62. The van der Waals surface area contributed by atoms with Crippen molar-refractivity contribution in [1.82, 2.24) is 9.62 Å². The van der Waals surface area contributed by atoms with Crippen molar-refractivity contribution in [3.63, 3.8) is 0 Å². The number of rotatable bonds is 7. The number of carbonyl (C=O) groups excluding carboxylic acids is 1. The fourth-order valence-electron chi connectivity index (χ4n) is 2.91. The zero-order chi connectivity index (χ0) is 18.4. The number of hydrogen-bond donors (Lipinski definition) is 1. The molecular weight excluding hydrogens is 360 g/mol. The highest BCUT2D eigenvalue weighted by atomic mass is 32.2. The number of thioether (sulfide) groups is 1. The van der Waals surface area contributed by atoms with Gasteiger partial charge in [0.05, 0.1) is 11.5 Å². The number of piperidine rings is 1. The molecule has 1 atom stereocenters. The molecule has 0 radical (unpaired) electrons. The van der Waals surface area contributed by atoms with Gasteiger partial charge in [-0.3, -0.25) is 4.79 Å². The van der Waals surface area contributed by atoms with E-state index in [0.29, 0.717) is 37.4 Å². The quantitative estimate of drug-likeness (QED) is 0.725. The molecule has 0 aromatic heterocycles. The second kappa shape index (κ2) is 9.02. The first-order valence-corrected chi connectivity index (χ1v) is 11.0. The van der Waals surface area contributed by atoms with Gasteiger partial charge in [0.2, 0.25) is 15.9 Å². The van der Waals surface area contributed by atoms with Gasteiger partial charge in [-0.25, -0.2) is 8.42 Å². The minimum absolute atomic E-state index is 0.0223. The number of benzene rings is 1. The van der Waals surface area contributed by atoms with Crippen LogP contribution in [0.25, 0.3) is 0 Å². The van der Waals surface area contributed by atoms with E-state index >= 15 is 0 Å². The lowest BCUT2D eigenvalue weighted by Gasteiger charge is -2.31. The van der Waals surface area contributed by atoms with Gasteiger partial charge in [-0.15, -0.1) is 11.8 Å². The molecular formula is C17H26N2O4S2. The predicted molar refractivity (Wildman–Crippen MR) is 99.2 cm³/mol. The Morgan fingerprint density at radius 3 is 2.44 bits per heavy atom. The van der Waals surface area contributed by atoms with Crippen molar-refractivity contribution in [3.8, 4) is 0 Å². The Morgan fingerprint density at radius 1 is 1.32 bits per heavy atom. The molecule has 0 spiro atoms. The number of hydrogen-bond acceptors (Lipinski definition) is 5. The third kappa shape index (κ3) is 5.20. The summed E-state index contributed by atoms with van der Waals surface area (Å²) in [6.07, 6.45) is 3.02. The van der Waals surface area contributed by atoms with Gasteiger partial charge in [0.1, 0.15) is 0 Å². The van der Waals surface area contributed by atoms with Crippen LogP contribution in [-0.2, 0) is 19.6 Å². The maximum atomic E-state index is 12.7. The van der Waals surface area contributed by atoms with Crippen molar-refractivity contribution < 1.29 is 17.9 Å². The summed E-state index contributed by atoms with van der Waals surface area (Å²) >= 11 is 1.57. The van der Waals surface area contributed by atoms with E-state index in [1.54, 1.807) is 31.0 Å². The number of methoxy groups -OCH3 is 1. The molecule has 1 amide bonds. The van der Waals surface area contributed by atoms with Crippen LogP contribution in [-0.4, -0.2) is 57.7 Å². The van der Waals surface area contributed by atoms with E-state index in [0.717, 1.165) is 4.90 Å². The second-order valence-electron chi connectivity index (χ2n) is 6.22. The molecule has 1 aliphatic heterocycles. The van der Waals surface area contributed by atoms with Crippen molar-refractivity contribution in [1.29, 1.82) is 0 Å². The summed E-state index contributed by atoms with van der Waals surface area (Å²) in [6, 6.07) is 6.87. The summed E-state index contributed by atoms with van der Waals surface area (Å²) in [6.45, 7) is 3.08. The van der Waals surface area contributed by atoms with Gasteiger partial charge < -0.3 is 10.1 Å². The largest absolute Gasteiger partial charge is 0.383 e. The fraction of sp³-hybridized carbons (Fsp3) is 0.588. The SMILES string of the molecule is COC[C@H](C)NC(=O)C1CCN(S(=O)(=O)c2ccc(SC)cc2)CC1. The number of ether oxygens (including phenoxy) is 1. The highest BCUT2D eigenvalue weighted by molar-refractivity contribution is 7.98. The van der Waals surface area contributed by atoms with Crippen LogP contribution in [0.4, 0.5) is 0 Å². The van der Waals surface area contributed by atoms with Gasteiger partial charge >= 0.3 is 0 Å². The third-order valence-electron chi connectivity index (χ3n) is 4.33. The summed E-state index contributed by atoms with van der Waals surface area (Å²) in [5, 5.41) is 2.91. The standard InChI is InChI=1S/C17H26N2O4S2/c1-13(12-23-2)18-17(20)14-8-10-19(11-9-14)25(21,22)16-6-4-15(24-3)5-7-16/h4-7,13-14H,8-12H2,1-3H3,(H,18,20)/t13-/m0/s1. The fourth-order valence-corrected chi connectivity index (χ4v) is 4.79. The second-order valence-corrected chi connectivity index (χ2v) is 9.04. The van der Waals surface area contributed by atoms with Crippen molar-refractivity contribution >= 4 is 27.7 Å². The molecule has 0 aliphatic carbocycles. The molecule has 0 bridgehead atoms. The molecule has 0 unspecified atom stereocenters. The first kappa shape index (κ1) is 20.2. The van der Waals surface area contributed by atoms with E-state index in [1.165, 1.54) is 4.31 Å². The summed E-state index contributed by atoms with van der Waals surface area (Å²) < 4.78 is 31.9. The maximum absolute atomic E-state index is 12.7. The van der Waals surface area contributed by atoms with Crippen LogP contribution < -0.4 is 5.32 Å². The van der Waals surface area contributed by atoms with Crippen molar-refractivity contribution in [3.05, 3.63) is 24.3 Å². The summed E-state index contributed by atoms with van der Waals surface area (Å²) in [7, 11) is -1.90. The van der Waals surface area contributed by atoms with Gasteiger partial charge in [-0.05, 0) is 50.3 Å². The van der Waals surface area contributed by atoms with Crippen LogP contribution in [0.3, 0.4) is 0 Å². The molecule has 1 aliphatic rings. The van der Waals surface area contributed by atoms with Crippen molar-refractivity contribution in [2.45, 2.75) is 35.6 Å². The highest BCUT2D eigenvalue weighted by Crippen LogP contribution is 2.25. The Balaban J connectivity index is 1.95. The Bertz CT molecular complexity index is 668. The number of sulfonamides is 1. The molecule has 1 fully saturated rings. The number of carbonyl (C=O) groups is 1. The predicted octanol–water partition coefficient (Wildman–Crippen LogP) is 1.96. The number of nitrogens with one attached hydrogen (secondary N) is 1. The minimum Gasteiger partial charge on any atom is -0.383 e. The van der Waals surface area contributed by atoms with Crippen LogP contribution in [0, 0.1) is 5.92 Å². The Morgan fingerprint density at radius 2 is 1.92 bits per heavy atom. The molecule has 8 heteroatoms. The van der Waals surface area contributed by atoms with Crippen LogP contribution >= 0.6 is 11.8 Å². The molecule has 1 saturated heterocycles. The average molecular weight is 387 g/mol. The molecule has 6 nitrogen and oxygen atoms in total. The minimum atomic E-state index is -3.50. The number of nitrogens with zero attached hydrogens (tertiary/aromatic N) is 1. The first-order valence-electron chi connectivity index (χ1n) is 8.32. The zero-order valence-electron chi connectivity index (χ0n) is 14.9. The molecule has 1 N–H and O–H groups in total. The van der Waals surface area contributed by atoms with Crippen molar-refractivity contribution in [2.24, 2.45) is 5.92 Å². The van der Waals surface area contributed by atoms with E-state index in [1.807, 2.05) is 25.3 Å². The van der Waals surface area contributed by atoms with E-state index in [9.17, 15) is 13.2 Å².